The third-order valence-electron chi connectivity index (χ3n) is 9.69. The van der Waals surface area contributed by atoms with Crippen LogP contribution in [0.25, 0.3) is 0 Å². The summed E-state index contributed by atoms with van der Waals surface area (Å²) in [5.41, 5.74) is 4.76. The van der Waals surface area contributed by atoms with E-state index in [4.69, 9.17) is 33.2 Å². The van der Waals surface area contributed by atoms with Crippen LogP contribution in [0.4, 0.5) is 14.9 Å². The van der Waals surface area contributed by atoms with Gasteiger partial charge in [0.05, 0.1) is 71.1 Å². The molecule has 11 heteroatoms. The average Bonchev–Trinajstić information content (AvgIpc) is 3.22. The molecule has 4 atom stereocenters. The smallest absolute Gasteiger partial charge is 0.410 e. The van der Waals surface area contributed by atoms with Gasteiger partial charge in [0, 0.05) is 26.2 Å². The van der Waals surface area contributed by atoms with Crippen molar-refractivity contribution in [3.8, 4) is 11.5 Å². The Hall–Kier alpha value is -4.68. The van der Waals surface area contributed by atoms with Crippen molar-refractivity contribution in [1.82, 2.24) is 4.90 Å². The van der Waals surface area contributed by atoms with Crippen molar-refractivity contribution >= 4 is 11.8 Å². The molecule has 288 valence electrons. The quantitative estimate of drug-likeness (QED) is 0.0984. The van der Waals surface area contributed by atoms with E-state index in [9.17, 15) is 4.79 Å². The number of hydrogen-bond acceptors (Lipinski definition) is 9. The Morgan fingerprint density at radius 1 is 0.815 bits per heavy atom. The fraction of sp³-hybridized carbons (Fsp3) is 0.419. The summed E-state index contributed by atoms with van der Waals surface area (Å²) in [6.45, 7) is 3.74. The summed E-state index contributed by atoms with van der Waals surface area (Å²) < 4.78 is 56.6. The number of halogens is 1. The van der Waals surface area contributed by atoms with Gasteiger partial charge >= 0.3 is 6.09 Å². The van der Waals surface area contributed by atoms with Crippen molar-refractivity contribution in [2.45, 2.75) is 50.5 Å². The van der Waals surface area contributed by atoms with Crippen molar-refractivity contribution in [2.75, 3.05) is 71.7 Å². The summed E-state index contributed by atoms with van der Waals surface area (Å²) in [6, 6.07) is 33.0. The molecule has 0 N–H and O–H groups in total. The summed E-state index contributed by atoms with van der Waals surface area (Å²) in [5, 5.41) is 0. The van der Waals surface area contributed by atoms with Gasteiger partial charge in [-0.15, -0.1) is 0 Å². The van der Waals surface area contributed by atoms with Crippen LogP contribution in [0.5, 0.6) is 11.5 Å². The second-order valence-corrected chi connectivity index (χ2v) is 13.5. The Kier molecular flexibility index (Phi) is 14.5. The lowest BCUT2D eigenvalue weighted by molar-refractivity contribution is -0.103. The average molecular weight is 743 g/mol. The number of alkyl halides is 1. The van der Waals surface area contributed by atoms with E-state index in [0.29, 0.717) is 25.6 Å². The van der Waals surface area contributed by atoms with Crippen molar-refractivity contribution in [2.24, 2.45) is 0 Å². The van der Waals surface area contributed by atoms with Gasteiger partial charge in [0.2, 0.25) is 0 Å². The van der Waals surface area contributed by atoms with Crippen LogP contribution in [-0.2, 0) is 43.5 Å². The number of carbonyl (C=O) groups excluding carboxylic acids is 1. The molecule has 54 heavy (non-hydrogen) atoms. The maximum atomic E-state index is 15.4. The molecule has 6 rings (SSSR count). The minimum atomic E-state index is -1.38. The van der Waals surface area contributed by atoms with Gasteiger partial charge in [-0.1, -0.05) is 78.9 Å². The number of anilines is 1. The van der Waals surface area contributed by atoms with E-state index in [1.807, 2.05) is 97.1 Å². The number of carbonyl (C=O) groups is 1. The molecule has 0 unspecified atom stereocenters. The summed E-state index contributed by atoms with van der Waals surface area (Å²) >= 11 is 0. The van der Waals surface area contributed by atoms with Crippen LogP contribution in [0.3, 0.4) is 0 Å². The fourth-order valence-corrected chi connectivity index (χ4v) is 6.90. The predicted molar refractivity (Wildman–Crippen MR) is 204 cm³/mol. The van der Waals surface area contributed by atoms with E-state index in [1.165, 1.54) is 0 Å². The second-order valence-electron chi connectivity index (χ2n) is 13.5. The number of piperidine rings is 1. The number of likely N-dealkylation sites (tertiary alicyclic amines) is 1. The number of methoxy groups -OCH3 is 2. The minimum absolute atomic E-state index is 0.123. The SMILES string of the molecule is COCCCN1CCOc2ccc(CO[C@H]3CN(C(=O)OCc4ccccc4)C[C@@H](OC[C@H](F)COCc4ccccc4)[C@@H]3c3ccc(OC)cc3)cc21. The Morgan fingerprint density at radius 3 is 2.22 bits per heavy atom. The highest BCUT2D eigenvalue weighted by Crippen LogP contribution is 2.36. The molecule has 1 saturated heterocycles. The zero-order chi connectivity index (χ0) is 37.5. The standard InChI is InChI=1S/C43H51FN2O8/c1-48-22-9-20-45-21-23-51-39-19-14-34(24-38(39)45)29-52-40-25-46(43(47)54-28-33-12-7-4-8-13-33)26-41(42(40)35-15-17-37(49-2)18-16-35)53-31-36(44)30-50-27-32-10-5-3-6-11-32/h3-8,10-19,24,36,40-42H,9,20-23,25-31H2,1-2H3/t36-,40+,41-,42-/m1/s1. The van der Waals surface area contributed by atoms with E-state index in [1.54, 1.807) is 19.1 Å². The van der Waals surface area contributed by atoms with E-state index in [-0.39, 0.29) is 45.4 Å². The number of fused-ring (bicyclic) bond motifs is 1. The Bertz CT molecular complexity index is 1710. The molecule has 1 fully saturated rings. The highest BCUT2D eigenvalue weighted by Gasteiger charge is 2.42. The Balaban J connectivity index is 1.21. The van der Waals surface area contributed by atoms with Crippen LogP contribution in [0.15, 0.2) is 103 Å². The molecule has 0 bridgehead atoms. The molecule has 0 radical (unpaired) electrons. The number of amides is 1. The number of hydrogen-bond donors (Lipinski definition) is 0. The molecular weight excluding hydrogens is 691 g/mol. The topological polar surface area (TPSA) is 88.2 Å². The zero-order valence-corrected chi connectivity index (χ0v) is 31.1. The number of rotatable bonds is 18. The number of benzene rings is 4. The predicted octanol–water partition coefficient (Wildman–Crippen LogP) is 7.19. The highest BCUT2D eigenvalue weighted by atomic mass is 19.1. The van der Waals surface area contributed by atoms with Gasteiger partial charge < -0.3 is 43.0 Å². The van der Waals surface area contributed by atoms with Crippen LogP contribution < -0.4 is 14.4 Å². The van der Waals surface area contributed by atoms with Gasteiger partial charge in [0.25, 0.3) is 0 Å². The third kappa shape index (κ3) is 10.9. The Labute approximate surface area is 317 Å². The van der Waals surface area contributed by atoms with Gasteiger partial charge in [-0.25, -0.2) is 9.18 Å². The monoisotopic (exact) mass is 742 g/mol. The van der Waals surface area contributed by atoms with Gasteiger partial charge in [0.15, 0.2) is 0 Å². The maximum Gasteiger partial charge on any atom is 0.410 e. The molecule has 2 aliphatic rings. The Morgan fingerprint density at radius 2 is 1.52 bits per heavy atom. The summed E-state index contributed by atoms with van der Waals surface area (Å²) in [6.07, 6.45) is -2.09. The van der Waals surface area contributed by atoms with E-state index in [2.05, 4.69) is 11.0 Å². The van der Waals surface area contributed by atoms with Crippen molar-refractivity contribution in [3.05, 3.63) is 125 Å². The van der Waals surface area contributed by atoms with Crippen LogP contribution in [-0.4, -0.2) is 96.2 Å². The summed E-state index contributed by atoms with van der Waals surface area (Å²) in [4.78, 5) is 17.6. The van der Waals surface area contributed by atoms with Crippen LogP contribution in [0.2, 0.25) is 0 Å². The van der Waals surface area contributed by atoms with Gasteiger partial charge in [-0.3, -0.25) is 0 Å². The van der Waals surface area contributed by atoms with Gasteiger partial charge in [-0.2, -0.15) is 0 Å². The highest BCUT2D eigenvalue weighted by molar-refractivity contribution is 5.68. The van der Waals surface area contributed by atoms with E-state index >= 15 is 4.39 Å². The van der Waals surface area contributed by atoms with Crippen molar-refractivity contribution < 1.29 is 42.3 Å². The molecular formula is C43H51FN2O8. The molecule has 0 aliphatic carbocycles. The first kappa shape index (κ1) is 39.0. The maximum absolute atomic E-state index is 15.4. The normalized spacial score (nSPS) is 18.8. The molecule has 2 aliphatic heterocycles. The first-order chi connectivity index (χ1) is 26.5. The van der Waals surface area contributed by atoms with Crippen LogP contribution in [0.1, 0.15) is 34.6 Å². The lowest BCUT2D eigenvalue weighted by Gasteiger charge is -2.43. The summed E-state index contributed by atoms with van der Waals surface area (Å²) in [5.74, 6) is 1.21. The first-order valence-electron chi connectivity index (χ1n) is 18.6. The molecule has 4 aromatic rings. The van der Waals surface area contributed by atoms with E-state index in [0.717, 1.165) is 53.2 Å². The zero-order valence-electron chi connectivity index (χ0n) is 31.1. The van der Waals surface area contributed by atoms with Crippen LogP contribution >= 0.6 is 0 Å². The van der Waals surface area contributed by atoms with Gasteiger partial charge in [0.1, 0.15) is 30.9 Å². The van der Waals surface area contributed by atoms with Gasteiger partial charge in [-0.05, 0) is 52.9 Å². The van der Waals surface area contributed by atoms with E-state index < -0.39 is 24.5 Å². The molecule has 0 saturated carbocycles. The number of nitrogens with zero attached hydrogens (tertiary/aromatic N) is 2. The molecule has 1 amide bonds. The number of ether oxygens (including phenoxy) is 7. The lowest BCUT2D eigenvalue weighted by atomic mass is 9.84. The minimum Gasteiger partial charge on any atom is -0.497 e. The summed E-state index contributed by atoms with van der Waals surface area (Å²) in [7, 11) is 3.33. The van der Waals surface area contributed by atoms with Crippen molar-refractivity contribution in [3.63, 3.8) is 0 Å². The molecule has 0 aromatic heterocycles. The second kappa shape index (κ2) is 20.1. The molecule has 10 nitrogen and oxygen atoms in total. The molecule has 2 heterocycles. The molecule has 0 spiro atoms. The van der Waals surface area contributed by atoms with Crippen LogP contribution in [0, 0.1) is 0 Å². The first-order valence-corrected chi connectivity index (χ1v) is 18.6. The molecule has 4 aromatic carbocycles. The lowest BCUT2D eigenvalue weighted by Crippen LogP contribution is -2.55. The van der Waals surface area contributed by atoms with Crippen molar-refractivity contribution in [1.29, 1.82) is 0 Å². The largest absolute Gasteiger partial charge is 0.497 e. The third-order valence-corrected chi connectivity index (χ3v) is 9.69. The fourth-order valence-electron chi connectivity index (χ4n) is 6.90.